The second-order valence-corrected chi connectivity index (χ2v) is 6.69. The molecule has 1 aromatic rings. The zero-order valence-corrected chi connectivity index (χ0v) is 15.0. The number of aliphatic hydroxyl groups excluding tert-OH is 1. The lowest BCUT2D eigenvalue weighted by molar-refractivity contribution is 0.0766. The molecule has 1 rings (SSSR count). The van der Waals surface area contributed by atoms with Gasteiger partial charge in [-0.3, -0.25) is 4.79 Å². The van der Waals surface area contributed by atoms with Gasteiger partial charge in [-0.1, -0.05) is 0 Å². The van der Waals surface area contributed by atoms with E-state index >= 15 is 0 Å². The summed E-state index contributed by atoms with van der Waals surface area (Å²) in [6.45, 7) is 0.344. The first-order valence-electron chi connectivity index (χ1n) is 4.48. The fourth-order valence-electron chi connectivity index (χ4n) is 1.17. The highest BCUT2D eigenvalue weighted by Gasteiger charge is 2.16. The Bertz CT molecular complexity index is 409. The van der Waals surface area contributed by atoms with Crippen molar-refractivity contribution in [1.29, 1.82) is 0 Å². The van der Waals surface area contributed by atoms with Crippen LogP contribution in [0.3, 0.4) is 0 Å². The summed E-state index contributed by atoms with van der Waals surface area (Å²) in [5.74, 6) is -0.0464. The van der Waals surface area contributed by atoms with Gasteiger partial charge < -0.3 is 10.0 Å². The molecular weight excluding hydrogens is 547 g/mol. The van der Waals surface area contributed by atoms with Crippen molar-refractivity contribution in [3.05, 3.63) is 28.4 Å². The Balaban J connectivity index is 3.08. The summed E-state index contributed by atoms with van der Waals surface area (Å²) in [5, 5.41) is 8.81. The minimum absolute atomic E-state index is 0.0141. The van der Waals surface area contributed by atoms with E-state index in [0.717, 1.165) is 10.7 Å². The lowest BCUT2D eigenvalue weighted by atomic mass is 10.2. The molecule has 1 amide bonds. The van der Waals surface area contributed by atoms with Crippen LogP contribution in [0, 0.1) is 10.7 Å². The van der Waals surface area contributed by atoms with E-state index in [2.05, 4.69) is 67.8 Å². The van der Waals surface area contributed by atoms with Gasteiger partial charge in [0.2, 0.25) is 0 Å². The summed E-state index contributed by atoms with van der Waals surface area (Å²) in [5.41, 5.74) is 0.702. The Morgan fingerprint density at radius 1 is 1.38 bits per heavy atom. The van der Waals surface area contributed by atoms with E-state index in [1.165, 1.54) is 4.90 Å². The molecule has 6 heteroatoms. The van der Waals surface area contributed by atoms with Crippen LogP contribution >= 0.6 is 67.8 Å². The number of amides is 1. The van der Waals surface area contributed by atoms with Gasteiger partial charge in [0.25, 0.3) is 5.91 Å². The van der Waals surface area contributed by atoms with Crippen LogP contribution in [0.1, 0.15) is 10.4 Å². The third kappa shape index (κ3) is 3.67. The lowest BCUT2D eigenvalue weighted by Crippen LogP contribution is -2.30. The Morgan fingerprint density at radius 3 is 2.56 bits per heavy atom. The van der Waals surface area contributed by atoms with Gasteiger partial charge in [-0.05, 0) is 79.9 Å². The molecule has 0 saturated heterocycles. The molecule has 0 aliphatic heterocycles. The molecule has 0 aromatic heterocycles. The van der Waals surface area contributed by atoms with E-state index in [1.54, 1.807) is 7.05 Å². The Kier molecular flexibility index (Phi) is 6.23. The maximum atomic E-state index is 12.1. The van der Waals surface area contributed by atoms with E-state index in [1.807, 2.05) is 12.1 Å². The van der Waals surface area contributed by atoms with Crippen LogP contribution in [0.4, 0.5) is 0 Å². The van der Waals surface area contributed by atoms with E-state index in [9.17, 15) is 4.79 Å². The van der Waals surface area contributed by atoms with Gasteiger partial charge in [0.1, 0.15) is 0 Å². The van der Waals surface area contributed by atoms with Crippen LogP contribution in [-0.2, 0) is 0 Å². The van der Waals surface area contributed by atoms with Crippen molar-refractivity contribution in [1.82, 2.24) is 4.90 Å². The first kappa shape index (κ1) is 14.9. The van der Waals surface area contributed by atoms with Gasteiger partial charge in [0, 0.05) is 24.3 Å². The number of hydrogen-bond acceptors (Lipinski definition) is 2. The van der Waals surface area contributed by atoms with Crippen LogP contribution in [0.2, 0.25) is 0 Å². The molecule has 0 aliphatic rings. The molecular formula is C10H10I3NO2. The SMILES string of the molecule is CN(CCO)C(=O)c1cc(I)cc(I)c1I. The largest absolute Gasteiger partial charge is 0.395 e. The van der Waals surface area contributed by atoms with Gasteiger partial charge in [-0.25, -0.2) is 0 Å². The van der Waals surface area contributed by atoms with E-state index in [0.29, 0.717) is 12.1 Å². The standard InChI is InChI=1S/C10H10I3NO2/c1-14(2-3-15)10(16)7-4-6(11)5-8(12)9(7)13/h4-5,15H,2-3H2,1H3. The molecule has 1 N–H and O–H groups in total. The molecule has 88 valence electrons. The molecule has 16 heavy (non-hydrogen) atoms. The van der Waals surface area contributed by atoms with E-state index < -0.39 is 0 Å². The van der Waals surface area contributed by atoms with Crippen LogP contribution < -0.4 is 0 Å². The topological polar surface area (TPSA) is 40.5 Å². The Labute approximate surface area is 135 Å². The van der Waals surface area contributed by atoms with E-state index in [-0.39, 0.29) is 12.5 Å². The molecule has 0 unspecified atom stereocenters. The maximum absolute atomic E-state index is 12.1. The first-order valence-corrected chi connectivity index (χ1v) is 7.72. The second-order valence-electron chi connectivity index (χ2n) is 3.20. The number of carbonyl (C=O) groups is 1. The summed E-state index contributed by atoms with van der Waals surface area (Å²) in [7, 11) is 1.70. The molecule has 0 aliphatic carbocycles. The van der Waals surface area contributed by atoms with Crippen LogP contribution in [0.25, 0.3) is 0 Å². The van der Waals surface area contributed by atoms with E-state index in [4.69, 9.17) is 5.11 Å². The minimum atomic E-state index is -0.0464. The summed E-state index contributed by atoms with van der Waals surface area (Å²) < 4.78 is 3.09. The molecule has 0 heterocycles. The number of hydrogen-bond donors (Lipinski definition) is 1. The fraction of sp³-hybridized carbons (Fsp3) is 0.300. The highest BCUT2D eigenvalue weighted by molar-refractivity contribution is 14.1. The van der Waals surface area contributed by atoms with Crippen LogP contribution in [0.15, 0.2) is 12.1 Å². The molecule has 0 saturated carbocycles. The summed E-state index contributed by atoms with van der Waals surface area (Å²) >= 11 is 6.60. The summed E-state index contributed by atoms with van der Waals surface area (Å²) in [4.78, 5) is 13.6. The number of likely N-dealkylation sites (N-methyl/N-ethyl adjacent to an activating group) is 1. The zero-order valence-electron chi connectivity index (χ0n) is 8.51. The van der Waals surface area contributed by atoms with Crippen molar-refractivity contribution >= 4 is 73.7 Å². The average molecular weight is 557 g/mol. The summed E-state index contributed by atoms with van der Waals surface area (Å²) in [6, 6.07) is 3.91. The molecule has 3 nitrogen and oxygen atoms in total. The monoisotopic (exact) mass is 557 g/mol. The second kappa shape index (κ2) is 6.69. The van der Waals surface area contributed by atoms with Crippen molar-refractivity contribution in [2.75, 3.05) is 20.2 Å². The normalized spacial score (nSPS) is 10.3. The van der Waals surface area contributed by atoms with Gasteiger partial charge in [0.05, 0.1) is 12.2 Å². The number of halogens is 3. The molecule has 0 spiro atoms. The smallest absolute Gasteiger partial charge is 0.254 e. The number of benzene rings is 1. The van der Waals surface area contributed by atoms with Crippen LogP contribution in [-0.4, -0.2) is 36.1 Å². The van der Waals surface area contributed by atoms with Crippen molar-refractivity contribution in [3.8, 4) is 0 Å². The number of rotatable bonds is 3. The molecule has 0 bridgehead atoms. The third-order valence-electron chi connectivity index (χ3n) is 2.01. The quantitative estimate of drug-likeness (QED) is 0.459. The summed E-state index contributed by atoms with van der Waals surface area (Å²) in [6.07, 6.45) is 0. The predicted molar refractivity (Wildman–Crippen MR) is 88.6 cm³/mol. The fourth-order valence-corrected chi connectivity index (χ4v) is 3.56. The van der Waals surface area contributed by atoms with Crippen molar-refractivity contribution in [3.63, 3.8) is 0 Å². The maximum Gasteiger partial charge on any atom is 0.254 e. The average Bonchev–Trinajstić information content (AvgIpc) is 2.22. The molecule has 0 atom stereocenters. The van der Waals surface area contributed by atoms with Gasteiger partial charge in [-0.15, -0.1) is 0 Å². The Morgan fingerprint density at radius 2 is 2.00 bits per heavy atom. The van der Waals surface area contributed by atoms with Crippen molar-refractivity contribution in [2.24, 2.45) is 0 Å². The van der Waals surface area contributed by atoms with Gasteiger partial charge >= 0.3 is 0 Å². The van der Waals surface area contributed by atoms with Crippen LogP contribution in [0.5, 0.6) is 0 Å². The first-order chi connectivity index (χ1) is 7.47. The number of aliphatic hydroxyl groups is 1. The molecule has 1 aromatic carbocycles. The van der Waals surface area contributed by atoms with Crippen molar-refractivity contribution in [2.45, 2.75) is 0 Å². The van der Waals surface area contributed by atoms with Gasteiger partial charge in [-0.2, -0.15) is 0 Å². The minimum Gasteiger partial charge on any atom is -0.395 e. The molecule has 0 radical (unpaired) electrons. The van der Waals surface area contributed by atoms with Crippen molar-refractivity contribution < 1.29 is 9.90 Å². The number of carbonyl (C=O) groups excluding carboxylic acids is 1. The highest BCUT2D eigenvalue weighted by atomic mass is 127. The third-order valence-corrected chi connectivity index (χ3v) is 5.67. The Hall–Kier alpha value is 0.840. The lowest BCUT2D eigenvalue weighted by Gasteiger charge is -2.17. The number of nitrogens with zero attached hydrogens (tertiary/aromatic N) is 1. The van der Waals surface area contributed by atoms with Gasteiger partial charge in [0.15, 0.2) is 0 Å². The predicted octanol–water partition coefficient (Wildman–Crippen LogP) is 2.56. The molecule has 0 fully saturated rings. The zero-order chi connectivity index (χ0) is 12.3. The highest BCUT2D eigenvalue weighted by Crippen LogP contribution is 2.23.